The molecular formula is C27H31ClN2O4. The number of aromatic nitrogens is 1. The van der Waals surface area contributed by atoms with Gasteiger partial charge in [-0.3, -0.25) is 4.90 Å². The molecule has 6 nitrogen and oxygen atoms in total. The summed E-state index contributed by atoms with van der Waals surface area (Å²) >= 11 is 6.30. The Morgan fingerprint density at radius 2 is 1.91 bits per heavy atom. The van der Waals surface area contributed by atoms with Gasteiger partial charge in [0, 0.05) is 34.8 Å². The number of aromatic amines is 1. The van der Waals surface area contributed by atoms with Crippen LogP contribution in [0.5, 0.6) is 5.75 Å². The third-order valence-electron chi connectivity index (χ3n) is 6.91. The van der Waals surface area contributed by atoms with E-state index in [0.717, 1.165) is 72.9 Å². The van der Waals surface area contributed by atoms with Gasteiger partial charge >= 0.3 is 6.09 Å². The number of rotatable bonds is 7. The van der Waals surface area contributed by atoms with Crippen molar-refractivity contribution in [3.8, 4) is 5.75 Å². The fourth-order valence-electron chi connectivity index (χ4n) is 5.17. The number of aliphatic hydroxyl groups excluding tert-OH is 1. The summed E-state index contributed by atoms with van der Waals surface area (Å²) in [5.74, 6) is 0.779. The van der Waals surface area contributed by atoms with Gasteiger partial charge in [0.15, 0.2) is 0 Å². The first-order valence-corrected chi connectivity index (χ1v) is 12.6. The van der Waals surface area contributed by atoms with Crippen molar-refractivity contribution in [3.05, 3.63) is 64.3 Å². The third-order valence-corrected chi connectivity index (χ3v) is 7.15. The molecule has 3 aromatic rings. The van der Waals surface area contributed by atoms with Crippen LogP contribution in [-0.4, -0.2) is 46.9 Å². The number of carbonyl (C=O) groups excluding carboxylic acids is 1. The lowest BCUT2D eigenvalue weighted by atomic mass is 9.92. The molecule has 0 radical (unpaired) electrons. The molecule has 34 heavy (non-hydrogen) atoms. The maximum Gasteiger partial charge on any atom is 0.410 e. The highest BCUT2D eigenvalue weighted by molar-refractivity contribution is 6.31. The Labute approximate surface area is 204 Å². The Bertz CT molecular complexity index is 1140. The molecule has 5 rings (SSSR count). The Kier molecular flexibility index (Phi) is 6.97. The second-order valence-corrected chi connectivity index (χ2v) is 9.63. The van der Waals surface area contributed by atoms with Crippen LogP contribution in [0.25, 0.3) is 10.9 Å². The van der Waals surface area contributed by atoms with Crippen LogP contribution in [0.1, 0.15) is 61.4 Å². The van der Waals surface area contributed by atoms with Gasteiger partial charge in [0.2, 0.25) is 0 Å². The molecule has 0 spiro atoms. The number of hydrogen-bond donors (Lipinski definition) is 2. The standard InChI is InChI=1S/C27H31ClN2O4/c28-19-9-12-24-23(17-19)22-13-14-30(27(32)34-21-5-1-2-6-21)26(25(22)29-24)18-7-10-20(11-8-18)33-16-4-3-15-31/h7-12,17,21,26,29,31H,1-6,13-16H2. The smallest absolute Gasteiger partial charge is 0.410 e. The van der Waals surface area contributed by atoms with Crippen LogP contribution in [0.15, 0.2) is 42.5 Å². The van der Waals surface area contributed by atoms with E-state index >= 15 is 0 Å². The normalized spacial score (nSPS) is 18.3. The molecule has 1 aliphatic carbocycles. The minimum Gasteiger partial charge on any atom is -0.494 e. The summed E-state index contributed by atoms with van der Waals surface area (Å²) in [7, 11) is 0. The quantitative estimate of drug-likeness (QED) is 0.405. The monoisotopic (exact) mass is 482 g/mol. The summed E-state index contributed by atoms with van der Waals surface area (Å²) in [6.07, 6.45) is 6.19. The van der Waals surface area contributed by atoms with Crippen molar-refractivity contribution in [1.29, 1.82) is 0 Å². The minimum absolute atomic E-state index is 0.0192. The molecule has 2 aromatic carbocycles. The second-order valence-electron chi connectivity index (χ2n) is 9.19. The lowest BCUT2D eigenvalue weighted by Gasteiger charge is -2.36. The van der Waals surface area contributed by atoms with Gasteiger partial charge in [-0.1, -0.05) is 23.7 Å². The maximum atomic E-state index is 13.3. The maximum absolute atomic E-state index is 13.3. The number of halogens is 1. The molecule has 2 heterocycles. The number of hydrogen-bond acceptors (Lipinski definition) is 4. The van der Waals surface area contributed by atoms with Crippen LogP contribution in [0.3, 0.4) is 0 Å². The van der Waals surface area contributed by atoms with Gasteiger partial charge in [0.1, 0.15) is 17.9 Å². The third kappa shape index (κ3) is 4.75. The molecule has 7 heteroatoms. The van der Waals surface area contributed by atoms with E-state index in [2.05, 4.69) is 4.98 Å². The van der Waals surface area contributed by atoms with Gasteiger partial charge in [-0.2, -0.15) is 0 Å². The summed E-state index contributed by atoms with van der Waals surface area (Å²) in [5.41, 5.74) is 4.25. The zero-order valence-corrected chi connectivity index (χ0v) is 20.0. The molecule has 1 saturated carbocycles. The predicted molar refractivity (Wildman–Crippen MR) is 133 cm³/mol. The Balaban J connectivity index is 1.46. The highest BCUT2D eigenvalue weighted by Crippen LogP contribution is 2.40. The first-order chi connectivity index (χ1) is 16.6. The first-order valence-electron chi connectivity index (χ1n) is 12.2. The SMILES string of the molecule is O=C(OC1CCCC1)N1CCc2c([nH]c3ccc(Cl)cc23)C1c1ccc(OCCCCO)cc1. The fraction of sp³-hybridized carbons (Fsp3) is 0.444. The van der Waals surface area contributed by atoms with Crippen LogP contribution >= 0.6 is 11.6 Å². The van der Waals surface area contributed by atoms with Gasteiger partial charge in [-0.25, -0.2) is 4.79 Å². The molecule has 1 amide bonds. The van der Waals surface area contributed by atoms with E-state index in [1.165, 1.54) is 5.56 Å². The lowest BCUT2D eigenvalue weighted by Crippen LogP contribution is -2.42. The molecule has 2 aliphatic rings. The summed E-state index contributed by atoms with van der Waals surface area (Å²) in [6.45, 7) is 1.33. The van der Waals surface area contributed by atoms with E-state index in [0.29, 0.717) is 18.2 Å². The number of aliphatic hydroxyl groups is 1. The molecule has 1 fully saturated rings. The van der Waals surface area contributed by atoms with Crippen molar-refractivity contribution in [1.82, 2.24) is 9.88 Å². The molecule has 0 saturated heterocycles. The minimum atomic E-state index is -0.271. The summed E-state index contributed by atoms with van der Waals surface area (Å²) in [4.78, 5) is 18.7. The topological polar surface area (TPSA) is 74.8 Å². The molecule has 2 N–H and O–H groups in total. The zero-order chi connectivity index (χ0) is 23.5. The highest BCUT2D eigenvalue weighted by atomic mass is 35.5. The van der Waals surface area contributed by atoms with Crippen LogP contribution in [0, 0.1) is 0 Å². The van der Waals surface area contributed by atoms with Gasteiger partial charge < -0.3 is 19.6 Å². The number of ether oxygens (including phenoxy) is 2. The Morgan fingerprint density at radius 3 is 2.68 bits per heavy atom. The van der Waals surface area contributed by atoms with Crippen molar-refractivity contribution in [2.75, 3.05) is 19.8 Å². The number of H-pyrrole nitrogens is 1. The van der Waals surface area contributed by atoms with E-state index in [1.807, 2.05) is 47.4 Å². The molecular weight excluding hydrogens is 452 g/mol. The van der Waals surface area contributed by atoms with Crippen molar-refractivity contribution >= 4 is 28.6 Å². The van der Waals surface area contributed by atoms with Gasteiger partial charge in [0.05, 0.1) is 6.61 Å². The summed E-state index contributed by atoms with van der Waals surface area (Å²) in [5, 5.41) is 10.8. The number of carbonyl (C=O) groups is 1. The van der Waals surface area contributed by atoms with Crippen LogP contribution in [0.2, 0.25) is 5.02 Å². The highest BCUT2D eigenvalue weighted by Gasteiger charge is 2.36. The van der Waals surface area contributed by atoms with E-state index < -0.39 is 0 Å². The number of nitrogens with one attached hydrogen (secondary N) is 1. The van der Waals surface area contributed by atoms with Crippen molar-refractivity contribution in [3.63, 3.8) is 0 Å². The van der Waals surface area contributed by atoms with E-state index in [4.69, 9.17) is 26.2 Å². The average molecular weight is 483 g/mol. The molecule has 1 atom stereocenters. The van der Waals surface area contributed by atoms with E-state index in [1.54, 1.807) is 0 Å². The van der Waals surface area contributed by atoms with Crippen LogP contribution in [0.4, 0.5) is 4.79 Å². The Hall–Kier alpha value is -2.70. The first kappa shape index (κ1) is 23.1. The van der Waals surface area contributed by atoms with Gasteiger partial charge in [-0.15, -0.1) is 0 Å². The van der Waals surface area contributed by atoms with E-state index in [-0.39, 0.29) is 24.8 Å². The summed E-state index contributed by atoms with van der Waals surface area (Å²) in [6, 6.07) is 13.6. The largest absolute Gasteiger partial charge is 0.494 e. The number of unbranched alkanes of at least 4 members (excludes halogenated alkanes) is 1. The number of fused-ring (bicyclic) bond motifs is 3. The molecule has 1 aromatic heterocycles. The van der Waals surface area contributed by atoms with Gasteiger partial charge in [0.25, 0.3) is 0 Å². The number of benzene rings is 2. The van der Waals surface area contributed by atoms with Gasteiger partial charge in [-0.05, 0) is 86.4 Å². The zero-order valence-electron chi connectivity index (χ0n) is 19.3. The molecule has 180 valence electrons. The van der Waals surface area contributed by atoms with Crippen molar-refractivity contribution in [2.45, 2.75) is 57.1 Å². The van der Waals surface area contributed by atoms with Crippen molar-refractivity contribution < 1.29 is 19.4 Å². The van der Waals surface area contributed by atoms with Crippen LogP contribution < -0.4 is 4.74 Å². The fourth-order valence-corrected chi connectivity index (χ4v) is 5.34. The molecule has 0 bridgehead atoms. The number of nitrogens with zero attached hydrogens (tertiary/aromatic N) is 1. The lowest BCUT2D eigenvalue weighted by molar-refractivity contribution is 0.0551. The van der Waals surface area contributed by atoms with Crippen molar-refractivity contribution in [2.24, 2.45) is 0 Å². The Morgan fingerprint density at radius 1 is 1.12 bits per heavy atom. The average Bonchev–Trinajstić information content (AvgIpc) is 3.49. The van der Waals surface area contributed by atoms with Crippen LogP contribution in [-0.2, 0) is 11.2 Å². The molecule has 1 aliphatic heterocycles. The predicted octanol–water partition coefficient (Wildman–Crippen LogP) is 6.00. The second kappa shape index (κ2) is 10.3. The number of amides is 1. The summed E-state index contributed by atoms with van der Waals surface area (Å²) < 4.78 is 11.7. The molecule has 1 unspecified atom stereocenters. The van der Waals surface area contributed by atoms with E-state index in [9.17, 15) is 4.79 Å².